The second-order valence-electron chi connectivity index (χ2n) is 6.84. The molecule has 0 aromatic heterocycles. The van der Waals surface area contributed by atoms with Crippen LogP contribution < -0.4 is 20.1 Å². The summed E-state index contributed by atoms with van der Waals surface area (Å²) < 4.78 is 11.4. The molecule has 1 unspecified atom stereocenters. The lowest BCUT2D eigenvalue weighted by Gasteiger charge is -2.17. The Hall–Kier alpha value is -3.31. The number of para-hydroxylation sites is 1. The van der Waals surface area contributed by atoms with E-state index in [4.69, 9.17) is 9.47 Å². The highest BCUT2D eigenvalue weighted by Gasteiger charge is 2.10. The number of anilines is 1. The van der Waals surface area contributed by atoms with Crippen LogP contribution >= 0.6 is 0 Å². The minimum Gasteiger partial charge on any atom is -0.490 e. The zero-order valence-electron chi connectivity index (χ0n) is 17.2. The van der Waals surface area contributed by atoms with Crippen LogP contribution in [-0.2, 0) is 4.79 Å². The standard InChI is InChI=1S/C25H28N2O3/c1-2-24(20-10-5-3-6-11-20)26-19-25(28)27-21-12-9-15-23(18-21)30-17-16-29-22-13-7-4-8-14-22/h3-15,18,24,26H,2,16-17,19H2,1H3,(H,27,28). The highest BCUT2D eigenvalue weighted by atomic mass is 16.5. The molecule has 3 aromatic rings. The van der Waals surface area contributed by atoms with E-state index in [9.17, 15) is 4.79 Å². The first-order valence-electron chi connectivity index (χ1n) is 10.2. The molecule has 3 rings (SSSR count). The quantitative estimate of drug-likeness (QED) is 0.450. The third kappa shape index (κ3) is 6.94. The van der Waals surface area contributed by atoms with Crippen LogP contribution in [-0.4, -0.2) is 25.7 Å². The lowest BCUT2D eigenvalue weighted by molar-refractivity contribution is -0.115. The Morgan fingerprint density at radius 1 is 0.833 bits per heavy atom. The van der Waals surface area contributed by atoms with Crippen molar-refractivity contribution in [3.8, 4) is 11.5 Å². The topological polar surface area (TPSA) is 59.6 Å². The van der Waals surface area contributed by atoms with E-state index in [0.29, 0.717) is 24.7 Å². The van der Waals surface area contributed by atoms with Crippen LogP contribution in [0.3, 0.4) is 0 Å². The van der Waals surface area contributed by atoms with E-state index in [1.807, 2.05) is 72.8 Å². The average Bonchev–Trinajstić information content (AvgIpc) is 2.79. The number of amides is 1. The molecule has 0 spiro atoms. The predicted molar refractivity (Wildman–Crippen MR) is 120 cm³/mol. The van der Waals surface area contributed by atoms with Gasteiger partial charge in [0.1, 0.15) is 24.7 Å². The molecule has 1 atom stereocenters. The first-order chi connectivity index (χ1) is 14.7. The second kappa shape index (κ2) is 11.6. The minimum atomic E-state index is -0.0889. The number of rotatable bonds is 11. The van der Waals surface area contributed by atoms with Gasteiger partial charge in [0.05, 0.1) is 6.54 Å². The van der Waals surface area contributed by atoms with Crippen molar-refractivity contribution in [1.82, 2.24) is 5.32 Å². The average molecular weight is 405 g/mol. The van der Waals surface area contributed by atoms with Gasteiger partial charge in [-0.05, 0) is 36.2 Å². The van der Waals surface area contributed by atoms with Crippen molar-refractivity contribution in [1.29, 1.82) is 0 Å². The van der Waals surface area contributed by atoms with Gasteiger partial charge in [0, 0.05) is 17.8 Å². The van der Waals surface area contributed by atoms with Gasteiger partial charge in [-0.15, -0.1) is 0 Å². The summed E-state index contributed by atoms with van der Waals surface area (Å²) in [6.45, 7) is 3.21. The van der Waals surface area contributed by atoms with E-state index in [-0.39, 0.29) is 18.5 Å². The first-order valence-corrected chi connectivity index (χ1v) is 10.2. The van der Waals surface area contributed by atoms with Gasteiger partial charge in [-0.2, -0.15) is 0 Å². The third-order valence-corrected chi connectivity index (χ3v) is 4.60. The maximum atomic E-state index is 12.4. The van der Waals surface area contributed by atoms with Crippen molar-refractivity contribution in [2.24, 2.45) is 0 Å². The molecule has 5 nitrogen and oxygen atoms in total. The molecule has 0 radical (unpaired) electrons. The van der Waals surface area contributed by atoms with Crippen LogP contribution in [0.4, 0.5) is 5.69 Å². The molecule has 3 aromatic carbocycles. The number of benzene rings is 3. The summed E-state index contributed by atoms with van der Waals surface area (Å²) in [4.78, 5) is 12.4. The van der Waals surface area contributed by atoms with Gasteiger partial charge in [-0.25, -0.2) is 0 Å². The van der Waals surface area contributed by atoms with Crippen molar-refractivity contribution in [3.63, 3.8) is 0 Å². The summed E-state index contributed by atoms with van der Waals surface area (Å²) in [5, 5.41) is 6.23. The monoisotopic (exact) mass is 404 g/mol. The van der Waals surface area contributed by atoms with Crippen LogP contribution in [0.15, 0.2) is 84.9 Å². The highest BCUT2D eigenvalue weighted by molar-refractivity contribution is 5.92. The zero-order chi connectivity index (χ0) is 21.0. The summed E-state index contributed by atoms with van der Waals surface area (Å²) in [5.41, 5.74) is 1.89. The molecular weight excluding hydrogens is 376 g/mol. The zero-order valence-corrected chi connectivity index (χ0v) is 17.2. The Labute approximate surface area is 178 Å². The van der Waals surface area contributed by atoms with Crippen molar-refractivity contribution < 1.29 is 14.3 Å². The van der Waals surface area contributed by atoms with Crippen molar-refractivity contribution in [2.75, 3.05) is 25.1 Å². The number of ether oxygens (including phenoxy) is 2. The number of carbonyl (C=O) groups is 1. The van der Waals surface area contributed by atoms with Gasteiger partial charge in [0.2, 0.25) is 5.91 Å². The van der Waals surface area contributed by atoms with Gasteiger partial charge >= 0.3 is 0 Å². The molecule has 0 fully saturated rings. The smallest absolute Gasteiger partial charge is 0.238 e. The summed E-state index contributed by atoms with van der Waals surface area (Å²) in [6, 6.07) is 27.3. The molecule has 0 saturated heterocycles. The normalized spacial score (nSPS) is 11.5. The number of hydrogen-bond acceptors (Lipinski definition) is 4. The SMILES string of the molecule is CCC(NCC(=O)Nc1cccc(OCCOc2ccccc2)c1)c1ccccc1. The maximum Gasteiger partial charge on any atom is 0.238 e. The van der Waals surface area contributed by atoms with E-state index in [2.05, 4.69) is 29.7 Å². The van der Waals surface area contributed by atoms with Crippen LogP contribution in [0.5, 0.6) is 11.5 Å². The summed E-state index contributed by atoms with van der Waals surface area (Å²) in [7, 11) is 0. The van der Waals surface area contributed by atoms with Gasteiger partial charge in [-0.1, -0.05) is 61.5 Å². The highest BCUT2D eigenvalue weighted by Crippen LogP contribution is 2.18. The van der Waals surface area contributed by atoms with E-state index < -0.39 is 0 Å². The fourth-order valence-corrected chi connectivity index (χ4v) is 3.10. The molecule has 30 heavy (non-hydrogen) atoms. The molecule has 0 bridgehead atoms. The van der Waals surface area contributed by atoms with Crippen molar-refractivity contribution >= 4 is 11.6 Å². The number of hydrogen-bond donors (Lipinski definition) is 2. The Balaban J connectivity index is 1.43. The molecule has 0 aliphatic carbocycles. The minimum absolute atomic E-state index is 0.0889. The molecule has 0 heterocycles. The van der Waals surface area contributed by atoms with E-state index in [0.717, 1.165) is 12.2 Å². The van der Waals surface area contributed by atoms with Gasteiger partial charge in [0.15, 0.2) is 0 Å². The fraction of sp³-hybridized carbons (Fsp3) is 0.240. The molecule has 0 saturated carbocycles. The number of nitrogens with one attached hydrogen (secondary N) is 2. The molecule has 1 amide bonds. The summed E-state index contributed by atoms with van der Waals surface area (Å²) >= 11 is 0. The van der Waals surface area contributed by atoms with Crippen LogP contribution in [0.25, 0.3) is 0 Å². The van der Waals surface area contributed by atoms with E-state index in [1.165, 1.54) is 5.56 Å². The Morgan fingerprint density at radius 3 is 2.17 bits per heavy atom. The van der Waals surface area contributed by atoms with Gasteiger partial charge in [0.25, 0.3) is 0 Å². The Morgan fingerprint density at radius 2 is 1.47 bits per heavy atom. The van der Waals surface area contributed by atoms with Gasteiger partial charge in [-0.3, -0.25) is 4.79 Å². The Kier molecular flexibility index (Phi) is 8.30. The lowest BCUT2D eigenvalue weighted by Crippen LogP contribution is -2.31. The van der Waals surface area contributed by atoms with Crippen LogP contribution in [0, 0.1) is 0 Å². The third-order valence-electron chi connectivity index (χ3n) is 4.60. The first kappa shape index (κ1) is 21.4. The fourth-order valence-electron chi connectivity index (χ4n) is 3.10. The number of carbonyl (C=O) groups excluding carboxylic acids is 1. The predicted octanol–water partition coefficient (Wildman–Crippen LogP) is 4.82. The summed E-state index contributed by atoms with van der Waals surface area (Å²) in [6.07, 6.45) is 0.908. The second-order valence-corrected chi connectivity index (χ2v) is 6.84. The van der Waals surface area contributed by atoms with E-state index in [1.54, 1.807) is 0 Å². The molecule has 5 heteroatoms. The molecule has 0 aliphatic rings. The summed E-state index contributed by atoms with van der Waals surface area (Å²) in [5.74, 6) is 1.41. The molecule has 0 aliphatic heterocycles. The van der Waals surface area contributed by atoms with Crippen LogP contribution in [0.2, 0.25) is 0 Å². The van der Waals surface area contributed by atoms with Crippen molar-refractivity contribution in [2.45, 2.75) is 19.4 Å². The largest absolute Gasteiger partial charge is 0.490 e. The van der Waals surface area contributed by atoms with E-state index >= 15 is 0 Å². The maximum absolute atomic E-state index is 12.4. The van der Waals surface area contributed by atoms with Crippen LogP contribution in [0.1, 0.15) is 24.9 Å². The van der Waals surface area contributed by atoms with Gasteiger partial charge < -0.3 is 20.1 Å². The Bertz CT molecular complexity index is 901. The molecule has 156 valence electrons. The van der Waals surface area contributed by atoms with Crippen molar-refractivity contribution in [3.05, 3.63) is 90.5 Å². The molecule has 2 N–H and O–H groups in total. The lowest BCUT2D eigenvalue weighted by atomic mass is 10.0. The molecular formula is C25H28N2O3.